The van der Waals surface area contributed by atoms with E-state index in [9.17, 15) is 9.46 Å². The largest absolute Gasteiger partial charge is 0.584 e. The number of hydrogen-bond donors (Lipinski definition) is 1. The molecule has 4 rings (SSSR count). The van der Waals surface area contributed by atoms with Crippen LogP contribution in [0.5, 0.6) is 11.5 Å². The lowest BCUT2D eigenvalue weighted by atomic mass is 9.96. The number of nitrogens with zero attached hydrogens (tertiary/aromatic N) is 1. The van der Waals surface area contributed by atoms with Gasteiger partial charge in [-0.25, -0.2) is 4.57 Å². The molecule has 0 saturated carbocycles. The van der Waals surface area contributed by atoms with Crippen LogP contribution in [-0.4, -0.2) is 4.89 Å². The average molecular weight is 323 g/mol. The number of nitriles is 1. The van der Waals surface area contributed by atoms with Crippen LogP contribution in [-0.2, 0) is 4.57 Å². The molecule has 0 spiro atoms. The van der Waals surface area contributed by atoms with Gasteiger partial charge in [0.25, 0.3) is 0 Å². The van der Waals surface area contributed by atoms with E-state index in [1.165, 1.54) is 6.07 Å². The Morgan fingerprint density at radius 1 is 1.00 bits per heavy atom. The quantitative estimate of drug-likeness (QED) is 0.626. The third-order valence-electron chi connectivity index (χ3n) is 3.70. The van der Waals surface area contributed by atoms with Crippen molar-refractivity contribution in [3.63, 3.8) is 0 Å². The van der Waals surface area contributed by atoms with Crippen LogP contribution in [0.4, 0.5) is 0 Å². The summed E-state index contributed by atoms with van der Waals surface area (Å²) in [6.07, 6.45) is 0. The van der Waals surface area contributed by atoms with Crippen molar-refractivity contribution in [1.82, 2.24) is 0 Å². The lowest BCUT2D eigenvalue weighted by Crippen LogP contribution is -1.97. The molecule has 1 N–H and O–H groups in total. The van der Waals surface area contributed by atoms with Crippen molar-refractivity contribution < 1.29 is 18.5 Å². The maximum Gasteiger partial charge on any atom is 0.584 e. The van der Waals surface area contributed by atoms with Crippen LogP contribution in [0.2, 0.25) is 0 Å². The van der Waals surface area contributed by atoms with Crippen molar-refractivity contribution in [3.05, 3.63) is 60.2 Å². The fourth-order valence-electron chi connectivity index (χ4n) is 2.75. The summed E-state index contributed by atoms with van der Waals surface area (Å²) < 4.78 is 22.5. The molecule has 0 aliphatic carbocycles. The molecule has 5 nitrogen and oxygen atoms in total. The van der Waals surface area contributed by atoms with Crippen LogP contribution in [0.1, 0.15) is 5.56 Å². The Hall–Kier alpha value is -2.80. The number of rotatable bonds is 0. The van der Waals surface area contributed by atoms with Crippen LogP contribution < -0.4 is 9.05 Å². The van der Waals surface area contributed by atoms with Gasteiger partial charge in [0.15, 0.2) is 0 Å². The first-order valence-corrected chi connectivity index (χ1v) is 8.35. The molecular weight excluding hydrogens is 313 g/mol. The number of hydrogen-bond acceptors (Lipinski definition) is 4. The second-order valence-corrected chi connectivity index (χ2v) is 6.44. The van der Waals surface area contributed by atoms with Gasteiger partial charge in [0.05, 0.1) is 11.6 Å². The van der Waals surface area contributed by atoms with Gasteiger partial charge in [-0.1, -0.05) is 30.3 Å². The zero-order chi connectivity index (χ0) is 16.0. The third-order valence-corrected chi connectivity index (χ3v) is 4.55. The van der Waals surface area contributed by atoms with Crippen molar-refractivity contribution in [3.8, 4) is 28.7 Å². The van der Waals surface area contributed by atoms with Gasteiger partial charge in [-0.15, -0.1) is 0 Å². The summed E-state index contributed by atoms with van der Waals surface area (Å²) >= 11 is 0. The summed E-state index contributed by atoms with van der Waals surface area (Å²) in [5.41, 5.74) is 1.63. The molecule has 1 atom stereocenters. The summed E-state index contributed by atoms with van der Waals surface area (Å²) in [5, 5.41) is 10.9. The normalized spacial score (nSPS) is 18.8. The number of benzene rings is 3. The summed E-state index contributed by atoms with van der Waals surface area (Å²) in [5.74, 6) is 0.433. The van der Waals surface area contributed by atoms with E-state index < -0.39 is 7.82 Å². The lowest BCUT2D eigenvalue weighted by molar-refractivity contribution is 0.294. The van der Waals surface area contributed by atoms with Gasteiger partial charge < -0.3 is 9.05 Å². The topological polar surface area (TPSA) is 79.5 Å². The Kier molecular flexibility index (Phi) is 2.92. The van der Waals surface area contributed by atoms with E-state index in [-0.39, 0.29) is 11.5 Å². The molecule has 0 bridgehead atoms. The van der Waals surface area contributed by atoms with Gasteiger partial charge in [-0.2, -0.15) is 5.26 Å². The van der Waals surface area contributed by atoms with Crippen LogP contribution in [0.3, 0.4) is 0 Å². The third kappa shape index (κ3) is 2.25. The molecule has 1 aliphatic rings. The van der Waals surface area contributed by atoms with Gasteiger partial charge in [-0.05, 0) is 35.0 Å². The van der Waals surface area contributed by atoms with E-state index in [1.54, 1.807) is 18.2 Å². The van der Waals surface area contributed by atoms with E-state index in [0.29, 0.717) is 16.7 Å². The molecule has 0 fully saturated rings. The molecule has 0 saturated heterocycles. The SMILES string of the molecule is N#Cc1ccc2c(c1)OP(=O)(O)Oc1ccc3ccccc3c1-2. The first kappa shape index (κ1) is 13.8. The van der Waals surface area contributed by atoms with Crippen molar-refractivity contribution in [2.24, 2.45) is 0 Å². The van der Waals surface area contributed by atoms with E-state index in [0.717, 1.165) is 10.8 Å². The van der Waals surface area contributed by atoms with E-state index in [2.05, 4.69) is 0 Å². The molecule has 23 heavy (non-hydrogen) atoms. The maximum absolute atomic E-state index is 12.1. The molecule has 0 aromatic heterocycles. The van der Waals surface area contributed by atoms with Gasteiger partial charge in [0, 0.05) is 11.1 Å². The Balaban J connectivity index is 2.13. The highest BCUT2D eigenvalue weighted by molar-refractivity contribution is 7.48. The first-order chi connectivity index (χ1) is 11.1. The number of fused-ring (bicyclic) bond motifs is 5. The Morgan fingerprint density at radius 3 is 2.61 bits per heavy atom. The highest BCUT2D eigenvalue weighted by Gasteiger charge is 2.33. The van der Waals surface area contributed by atoms with Gasteiger partial charge in [0.2, 0.25) is 0 Å². The molecule has 112 valence electrons. The smallest absolute Gasteiger partial charge is 0.395 e. The van der Waals surface area contributed by atoms with Gasteiger partial charge >= 0.3 is 7.82 Å². The summed E-state index contributed by atoms with van der Waals surface area (Å²) in [6, 6.07) is 17.9. The number of phosphoric ester groups is 1. The standard InChI is InChI=1S/C17H10NO4P/c18-10-11-5-7-14-16(9-11)22-23(19,20)21-15-8-6-12-3-1-2-4-13(12)17(14)15/h1-9H,(H,19,20). The summed E-state index contributed by atoms with van der Waals surface area (Å²) in [6.45, 7) is 0. The second kappa shape index (κ2) is 4.85. The monoisotopic (exact) mass is 323 g/mol. The fourth-order valence-corrected chi connectivity index (χ4v) is 3.58. The summed E-state index contributed by atoms with van der Waals surface area (Å²) in [7, 11) is -4.31. The molecule has 0 amide bonds. The van der Waals surface area contributed by atoms with E-state index in [1.807, 2.05) is 36.4 Å². The van der Waals surface area contributed by atoms with Gasteiger partial charge in [-0.3, -0.25) is 4.89 Å². The zero-order valence-electron chi connectivity index (χ0n) is 11.8. The molecule has 3 aromatic rings. The highest BCUT2D eigenvalue weighted by atomic mass is 31.2. The predicted octanol–water partition coefficient (Wildman–Crippen LogP) is 4.25. The van der Waals surface area contributed by atoms with Crippen molar-refractivity contribution in [1.29, 1.82) is 5.26 Å². The molecule has 1 unspecified atom stereocenters. The fraction of sp³-hybridized carbons (Fsp3) is 0. The van der Waals surface area contributed by atoms with Crippen molar-refractivity contribution >= 4 is 18.6 Å². The molecular formula is C17H10NO4P. The number of phosphoric acid groups is 1. The minimum atomic E-state index is -4.31. The second-order valence-electron chi connectivity index (χ2n) is 5.13. The van der Waals surface area contributed by atoms with Crippen LogP contribution in [0, 0.1) is 11.3 Å². The van der Waals surface area contributed by atoms with Crippen LogP contribution >= 0.6 is 7.82 Å². The average Bonchev–Trinajstić information content (AvgIpc) is 2.66. The van der Waals surface area contributed by atoms with Crippen molar-refractivity contribution in [2.45, 2.75) is 0 Å². The molecule has 3 aromatic carbocycles. The van der Waals surface area contributed by atoms with Crippen LogP contribution in [0.15, 0.2) is 54.6 Å². The Labute approximate surface area is 131 Å². The van der Waals surface area contributed by atoms with E-state index >= 15 is 0 Å². The predicted molar refractivity (Wildman–Crippen MR) is 85.2 cm³/mol. The molecule has 6 heteroatoms. The zero-order valence-corrected chi connectivity index (χ0v) is 12.7. The van der Waals surface area contributed by atoms with E-state index in [4.69, 9.17) is 14.3 Å². The van der Waals surface area contributed by atoms with Gasteiger partial charge in [0.1, 0.15) is 11.5 Å². The first-order valence-electron chi connectivity index (χ1n) is 6.86. The highest BCUT2D eigenvalue weighted by Crippen LogP contribution is 2.55. The van der Waals surface area contributed by atoms with Crippen LogP contribution in [0.25, 0.3) is 21.9 Å². The summed E-state index contributed by atoms with van der Waals surface area (Å²) in [4.78, 5) is 9.91. The maximum atomic E-state index is 12.1. The minimum Gasteiger partial charge on any atom is -0.395 e. The van der Waals surface area contributed by atoms with Crippen molar-refractivity contribution in [2.75, 3.05) is 0 Å². The lowest BCUT2D eigenvalue weighted by Gasteiger charge is -2.11. The Bertz CT molecular complexity index is 1040. The molecule has 1 heterocycles. The Morgan fingerprint density at radius 2 is 1.78 bits per heavy atom. The molecule has 0 radical (unpaired) electrons. The molecule has 1 aliphatic heterocycles. The minimum absolute atomic E-state index is 0.157.